The van der Waals surface area contributed by atoms with Crippen molar-refractivity contribution >= 4 is 40.0 Å². The van der Waals surface area contributed by atoms with Gasteiger partial charge in [0.2, 0.25) is 5.91 Å². The van der Waals surface area contributed by atoms with Gasteiger partial charge in [0.05, 0.1) is 22.6 Å². The third-order valence-corrected chi connectivity index (χ3v) is 2.89. The predicted molar refractivity (Wildman–Crippen MR) is 82.1 cm³/mol. The van der Waals surface area contributed by atoms with Crippen molar-refractivity contribution < 1.29 is 4.79 Å². The van der Waals surface area contributed by atoms with Gasteiger partial charge < -0.3 is 10.2 Å². The van der Waals surface area contributed by atoms with Crippen molar-refractivity contribution in [2.75, 3.05) is 12.4 Å². The van der Waals surface area contributed by atoms with Gasteiger partial charge in [-0.2, -0.15) is 0 Å². The average Bonchev–Trinajstić information content (AvgIpc) is 2.37. The van der Waals surface area contributed by atoms with Gasteiger partial charge in [-0.05, 0) is 6.07 Å². The summed E-state index contributed by atoms with van der Waals surface area (Å²) in [6.45, 7) is 3.56. The standard InChI is InChI=1S/C13H16Cl2N4O/c1-8(2)13(20)19(3)11(12(15)16)7-18-10-4-9(14)5-17-6-10/h4-8,16,18H,1-3H3/b11-7+,16-12?. The number of amides is 1. The summed E-state index contributed by atoms with van der Waals surface area (Å²) < 4.78 is 0. The van der Waals surface area contributed by atoms with E-state index in [0.29, 0.717) is 10.7 Å². The quantitative estimate of drug-likeness (QED) is 0.819. The van der Waals surface area contributed by atoms with Gasteiger partial charge in [-0.25, -0.2) is 0 Å². The second-order valence-corrected chi connectivity index (χ2v) is 5.25. The summed E-state index contributed by atoms with van der Waals surface area (Å²) in [6, 6.07) is 1.67. The molecular formula is C13H16Cl2N4O. The van der Waals surface area contributed by atoms with E-state index in [1.54, 1.807) is 33.2 Å². The zero-order valence-electron chi connectivity index (χ0n) is 11.4. The molecule has 7 heteroatoms. The summed E-state index contributed by atoms with van der Waals surface area (Å²) >= 11 is 11.5. The maximum atomic E-state index is 11.9. The van der Waals surface area contributed by atoms with Crippen molar-refractivity contribution in [3.63, 3.8) is 0 Å². The van der Waals surface area contributed by atoms with Gasteiger partial charge in [0.15, 0.2) is 0 Å². The zero-order valence-corrected chi connectivity index (χ0v) is 13.0. The van der Waals surface area contributed by atoms with E-state index < -0.39 is 0 Å². The maximum Gasteiger partial charge on any atom is 0.229 e. The van der Waals surface area contributed by atoms with Crippen LogP contribution in [0.5, 0.6) is 0 Å². The van der Waals surface area contributed by atoms with E-state index in [0.717, 1.165) is 0 Å². The minimum absolute atomic E-state index is 0.132. The topological polar surface area (TPSA) is 69.1 Å². The molecule has 20 heavy (non-hydrogen) atoms. The predicted octanol–water partition coefficient (Wildman–Crippen LogP) is 3.32. The number of hydrogen-bond donors (Lipinski definition) is 2. The van der Waals surface area contributed by atoms with Crippen molar-refractivity contribution in [2.45, 2.75) is 13.8 Å². The Morgan fingerprint density at radius 1 is 1.50 bits per heavy atom. The third kappa shape index (κ3) is 4.51. The van der Waals surface area contributed by atoms with Crippen LogP contribution in [0, 0.1) is 11.3 Å². The SMILES string of the molecule is CC(C)C(=O)N(C)/C(=C/Nc1cncc(Cl)c1)C(=N)Cl. The van der Waals surface area contributed by atoms with E-state index in [1.165, 1.54) is 17.3 Å². The molecule has 0 aliphatic heterocycles. The van der Waals surface area contributed by atoms with Crippen LogP contribution in [0.15, 0.2) is 30.4 Å². The number of carbonyl (C=O) groups excluding carboxylic acids is 1. The molecule has 0 aliphatic carbocycles. The first-order valence-electron chi connectivity index (χ1n) is 5.92. The first-order valence-corrected chi connectivity index (χ1v) is 6.67. The van der Waals surface area contributed by atoms with E-state index in [1.807, 2.05) is 0 Å². The van der Waals surface area contributed by atoms with Crippen molar-refractivity contribution in [3.05, 3.63) is 35.4 Å². The molecule has 1 rings (SSSR count). The minimum Gasteiger partial charge on any atom is -0.358 e. The smallest absolute Gasteiger partial charge is 0.229 e. The molecule has 0 saturated carbocycles. The maximum absolute atomic E-state index is 11.9. The molecule has 108 valence electrons. The van der Waals surface area contributed by atoms with Crippen LogP contribution >= 0.6 is 23.2 Å². The number of halogens is 2. The van der Waals surface area contributed by atoms with Crippen LogP contribution in [0.25, 0.3) is 0 Å². The molecule has 1 aromatic rings. The Hall–Kier alpha value is -1.59. The monoisotopic (exact) mass is 314 g/mol. The average molecular weight is 315 g/mol. The molecular weight excluding hydrogens is 299 g/mol. The fourth-order valence-electron chi connectivity index (χ4n) is 1.46. The molecule has 0 radical (unpaired) electrons. The van der Waals surface area contributed by atoms with E-state index in [4.69, 9.17) is 28.6 Å². The van der Waals surface area contributed by atoms with Crippen molar-refractivity contribution in [2.24, 2.45) is 5.92 Å². The van der Waals surface area contributed by atoms with Crippen LogP contribution < -0.4 is 5.32 Å². The molecule has 2 N–H and O–H groups in total. The Labute approximate surface area is 128 Å². The lowest BCUT2D eigenvalue weighted by molar-refractivity contribution is -0.131. The highest BCUT2D eigenvalue weighted by Gasteiger charge is 2.18. The van der Waals surface area contributed by atoms with Gasteiger partial charge in [0, 0.05) is 25.4 Å². The number of rotatable bonds is 5. The minimum atomic E-state index is -0.232. The zero-order chi connectivity index (χ0) is 15.3. The van der Waals surface area contributed by atoms with E-state index in [9.17, 15) is 4.79 Å². The summed E-state index contributed by atoms with van der Waals surface area (Å²) in [5.74, 6) is -0.320. The van der Waals surface area contributed by atoms with Gasteiger partial charge in [-0.15, -0.1) is 0 Å². The Bertz CT molecular complexity index is 543. The van der Waals surface area contributed by atoms with Crippen LogP contribution in [0.2, 0.25) is 5.02 Å². The second kappa shape index (κ2) is 7.26. The Morgan fingerprint density at radius 3 is 2.65 bits per heavy atom. The van der Waals surface area contributed by atoms with Crippen LogP contribution in [-0.2, 0) is 4.79 Å². The lowest BCUT2D eigenvalue weighted by Crippen LogP contribution is -2.32. The van der Waals surface area contributed by atoms with Crippen LogP contribution in [0.3, 0.4) is 0 Å². The normalized spacial score (nSPS) is 11.4. The molecule has 0 saturated heterocycles. The molecule has 0 aliphatic rings. The number of nitrogens with one attached hydrogen (secondary N) is 2. The van der Waals surface area contributed by atoms with Crippen LogP contribution in [-0.4, -0.2) is 28.0 Å². The van der Waals surface area contributed by atoms with E-state index in [-0.39, 0.29) is 22.7 Å². The number of carbonyl (C=O) groups is 1. The molecule has 0 fully saturated rings. The summed E-state index contributed by atoms with van der Waals surface area (Å²) in [7, 11) is 1.57. The van der Waals surface area contributed by atoms with Gasteiger partial charge in [0.25, 0.3) is 0 Å². The number of allylic oxidation sites excluding steroid dienone is 1. The summed E-state index contributed by atoms with van der Waals surface area (Å²) in [5.41, 5.74) is 0.906. The fraction of sp³-hybridized carbons (Fsp3) is 0.308. The molecule has 1 heterocycles. The number of aromatic nitrogens is 1. The third-order valence-electron chi connectivity index (χ3n) is 2.49. The van der Waals surface area contributed by atoms with E-state index in [2.05, 4.69) is 10.3 Å². The van der Waals surface area contributed by atoms with Gasteiger partial charge in [0.1, 0.15) is 5.17 Å². The van der Waals surface area contributed by atoms with Crippen LogP contribution in [0.4, 0.5) is 5.69 Å². The lowest BCUT2D eigenvalue weighted by Gasteiger charge is -2.21. The molecule has 0 bridgehead atoms. The van der Waals surface area contributed by atoms with Crippen molar-refractivity contribution in [3.8, 4) is 0 Å². The van der Waals surface area contributed by atoms with E-state index >= 15 is 0 Å². The van der Waals surface area contributed by atoms with Crippen molar-refractivity contribution in [1.82, 2.24) is 9.88 Å². The molecule has 0 unspecified atom stereocenters. The largest absolute Gasteiger partial charge is 0.358 e. The fourth-order valence-corrected chi connectivity index (χ4v) is 1.81. The van der Waals surface area contributed by atoms with Crippen molar-refractivity contribution in [1.29, 1.82) is 5.41 Å². The molecule has 0 spiro atoms. The summed E-state index contributed by atoms with van der Waals surface area (Å²) in [4.78, 5) is 17.2. The number of anilines is 1. The molecule has 1 amide bonds. The molecule has 0 aromatic carbocycles. The molecule has 5 nitrogen and oxygen atoms in total. The molecule has 1 aromatic heterocycles. The number of hydrogen-bond acceptors (Lipinski definition) is 4. The van der Waals surface area contributed by atoms with Gasteiger partial charge >= 0.3 is 0 Å². The highest BCUT2D eigenvalue weighted by atomic mass is 35.5. The summed E-state index contributed by atoms with van der Waals surface area (Å²) in [5, 5.41) is 10.7. The first-order chi connectivity index (χ1) is 9.32. The lowest BCUT2D eigenvalue weighted by atomic mass is 10.2. The number of nitrogens with zero attached hydrogens (tertiary/aromatic N) is 2. The van der Waals surface area contributed by atoms with Gasteiger partial charge in [-0.1, -0.05) is 37.0 Å². The Morgan fingerprint density at radius 2 is 2.15 bits per heavy atom. The first kappa shape index (κ1) is 16.5. The van der Waals surface area contributed by atoms with Crippen LogP contribution in [0.1, 0.15) is 13.8 Å². The Balaban J connectivity index is 2.94. The summed E-state index contributed by atoms with van der Waals surface area (Å²) in [6.07, 6.45) is 4.56. The number of pyridine rings is 1. The molecule has 0 atom stereocenters. The second-order valence-electron chi connectivity index (χ2n) is 4.43. The Kier molecular flexibility index (Phi) is 5.98. The van der Waals surface area contributed by atoms with Gasteiger partial charge in [-0.3, -0.25) is 15.2 Å². The highest BCUT2D eigenvalue weighted by Crippen LogP contribution is 2.15. The highest BCUT2D eigenvalue weighted by molar-refractivity contribution is 6.68.